The number of amides is 2. The minimum absolute atomic E-state index is 0.00373. The maximum atomic E-state index is 13.4. The molecule has 0 radical (unpaired) electrons. The summed E-state index contributed by atoms with van der Waals surface area (Å²) in [6, 6.07) is 8.30. The Hall–Kier alpha value is -2.90. The zero-order valence-electron chi connectivity index (χ0n) is 18.8. The second kappa shape index (κ2) is 8.32. The Kier molecular flexibility index (Phi) is 5.73. The minimum Gasteiger partial charge on any atom is -0.408 e. The normalized spacial score (nSPS) is 23.4. The molecule has 0 saturated carbocycles. The van der Waals surface area contributed by atoms with E-state index in [1.165, 1.54) is 5.56 Å². The first-order valence-electron chi connectivity index (χ1n) is 11.0. The number of aryl methyl sites for hydroxylation is 2. The van der Waals surface area contributed by atoms with Gasteiger partial charge in [0, 0.05) is 58.7 Å². The van der Waals surface area contributed by atoms with Gasteiger partial charge in [-0.3, -0.25) is 9.59 Å². The van der Waals surface area contributed by atoms with Gasteiger partial charge >= 0.3 is 6.01 Å². The molecule has 2 aliphatic heterocycles. The first-order valence-corrected chi connectivity index (χ1v) is 11.0. The number of carbonyl (C=O) groups is 2. The van der Waals surface area contributed by atoms with E-state index in [1.807, 2.05) is 34.1 Å². The molecule has 0 N–H and O–H groups in total. The zero-order valence-corrected chi connectivity index (χ0v) is 18.8. The van der Waals surface area contributed by atoms with Gasteiger partial charge < -0.3 is 19.1 Å². The van der Waals surface area contributed by atoms with Gasteiger partial charge in [-0.2, -0.15) is 0 Å². The van der Waals surface area contributed by atoms with Crippen LogP contribution < -0.4 is 4.90 Å². The molecule has 0 aliphatic carbocycles. The van der Waals surface area contributed by atoms with Gasteiger partial charge in [-0.1, -0.05) is 24.2 Å². The van der Waals surface area contributed by atoms with Crippen LogP contribution in [0.2, 0.25) is 0 Å². The first-order chi connectivity index (χ1) is 14.8. The lowest BCUT2D eigenvalue weighted by Crippen LogP contribution is -2.47. The highest BCUT2D eigenvalue weighted by Gasteiger charge is 2.55. The summed E-state index contributed by atoms with van der Waals surface area (Å²) in [7, 11) is 3.60. The van der Waals surface area contributed by atoms with Crippen molar-refractivity contribution in [3.8, 4) is 0 Å². The van der Waals surface area contributed by atoms with E-state index in [2.05, 4.69) is 17.1 Å². The summed E-state index contributed by atoms with van der Waals surface area (Å²) in [6.45, 7) is 6.20. The van der Waals surface area contributed by atoms with E-state index in [9.17, 15) is 9.59 Å². The van der Waals surface area contributed by atoms with Gasteiger partial charge in [-0.15, -0.1) is 5.10 Å². The molecule has 2 saturated heterocycles. The van der Waals surface area contributed by atoms with Gasteiger partial charge in [0.15, 0.2) is 0 Å². The van der Waals surface area contributed by atoms with E-state index in [4.69, 9.17) is 4.42 Å². The zero-order chi connectivity index (χ0) is 22.2. The van der Waals surface area contributed by atoms with Crippen LogP contribution in [0.3, 0.4) is 0 Å². The largest absolute Gasteiger partial charge is 0.408 e. The van der Waals surface area contributed by atoms with Crippen molar-refractivity contribution in [3.63, 3.8) is 0 Å². The summed E-state index contributed by atoms with van der Waals surface area (Å²) >= 11 is 0. The fraction of sp³-hybridized carbons (Fsp3) is 0.565. The molecule has 8 heteroatoms. The number of anilines is 1. The maximum absolute atomic E-state index is 13.4. The van der Waals surface area contributed by atoms with Crippen molar-refractivity contribution in [1.29, 1.82) is 0 Å². The highest BCUT2D eigenvalue weighted by molar-refractivity contribution is 5.94. The summed E-state index contributed by atoms with van der Waals surface area (Å²) in [5.41, 5.74) is 1.35. The lowest BCUT2D eigenvalue weighted by Gasteiger charge is -2.34. The molecule has 0 spiro atoms. The minimum atomic E-state index is -0.563. The molecule has 2 atom stereocenters. The van der Waals surface area contributed by atoms with Crippen molar-refractivity contribution in [2.24, 2.45) is 11.3 Å². The monoisotopic (exact) mass is 425 g/mol. The lowest BCUT2D eigenvalue weighted by molar-refractivity contribution is -0.141. The molecule has 8 nitrogen and oxygen atoms in total. The highest BCUT2D eigenvalue weighted by atomic mass is 16.4. The summed E-state index contributed by atoms with van der Waals surface area (Å²) in [6.07, 6.45) is 2.46. The summed E-state index contributed by atoms with van der Waals surface area (Å²) in [4.78, 5) is 32.3. The van der Waals surface area contributed by atoms with Crippen LogP contribution in [0.1, 0.15) is 41.6 Å². The number of rotatable bonds is 4. The number of nitrogens with zero attached hydrogens (tertiary/aromatic N) is 5. The van der Waals surface area contributed by atoms with Crippen molar-refractivity contribution in [2.75, 3.05) is 45.2 Å². The number of carbonyl (C=O) groups excluding carboxylic acids is 2. The fourth-order valence-corrected chi connectivity index (χ4v) is 5.04. The second-order valence-electron chi connectivity index (χ2n) is 8.94. The standard InChI is InChI=1S/C23H31N5O3/c1-5-17-7-9-18(10-8-17)20(29)27-12-6-11-23(21(30)26(3)4)15-28(14-19(23)13-27)22-25-24-16(2)31-22/h7-10,19H,5-6,11-15H2,1-4H3/t19-,23-/m1/s1. The average Bonchev–Trinajstić information content (AvgIpc) is 3.31. The van der Waals surface area contributed by atoms with E-state index in [0.717, 1.165) is 19.3 Å². The van der Waals surface area contributed by atoms with Crippen molar-refractivity contribution in [1.82, 2.24) is 20.0 Å². The fourth-order valence-electron chi connectivity index (χ4n) is 5.04. The third-order valence-electron chi connectivity index (χ3n) is 6.70. The molecular formula is C23H31N5O3. The Morgan fingerprint density at radius 2 is 1.94 bits per heavy atom. The molecule has 166 valence electrons. The van der Waals surface area contributed by atoms with Gasteiger partial charge in [0.25, 0.3) is 5.91 Å². The van der Waals surface area contributed by atoms with E-state index in [1.54, 1.807) is 25.9 Å². The summed E-state index contributed by atoms with van der Waals surface area (Å²) in [5, 5.41) is 8.11. The van der Waals surface area contributed by atoms with Crippen molar-refractivity contribution in [2.45, 2.75) is 33.1 Å². The van der Waals surface area contributed by atoms with E-state index >= 15 is 0 Å². The van der Waals surface area contributed by atoms with Crippen molar-refractivity contribution in [3.05, 3.63) is 41.3 Å². The molecule has 1 aromatic heterocycles. The topological polar surface area (TPSA) is 82.8 Å². The van der Waals surface area contributed by atoms with Gasteiger partial charge in [0.05, 0.1) is 5.41 Å². The Labute approximate surface area is 183 Å². The molecule has 2 fully saturated rings. The van der Waals surface area contributed by atoms with E-state index in [0.29, 0.717) is 43.6 Å². The second-order valence-corrected chi connectivity index (χ2v) is 8.94. The van der Waals surface area contributed by atoms with Crippen LogP contribution in [-0.4, -0.2) is 72.1 Å². The predicted octanol–water partition coefficient (Wildman–Crippen LogP) is 2.39. The quantitative estimate of drug-likeness (QED) is 0.748. The molecule has 4 rings (SSSR count). The van der Waals surface area contributed by atoms with E-state index in [-0.39, 0.29) is 17.7 Å². The predicted molar refractivity (Wildman–Crippen MR) is 117 cm³/mol. The average molecular weight is 426 g/mol. The van der Waals surface area contributed by atoms with Crippen LogP contribution in [0.5, 0.6) is 0 Å². The van der Waals surface area contributed by atoms with Gasteiger partial charge in [-0.25, -0.2) is 0 Å². The Bertz CT molecular complexity index is 954. The first kappa shape index (κ1) is 21.3. The van der Waals surface area contributed by atoms with E-state index < -0.39 is 5.41 Å². The van der Waals surface area contributed by atoms with Crippen LogP contribution in [0.4, 0.5) is 6.01 Å². The molecule has 2 aromatic rings. The Morgan fingerprint density at radius 1 is 1.19 bits per heavy atom. The van der Waals surface area contributed by atoms with Crippen LogP contribution >= 0.6 is 0 Å². The van der Waals surface area contributed by atoms with Crippen LogP contribution in [0.25, 0.3) is 0 Å². The Balaban J connectivity index is 1.61. The highest BCUT2D eigenvalue weighted by Crippen LogP contribution is 2.45. The van der Waals surface area contributed by atoms with Gasteiger partial charge in [0.2, 0.25) is 11.8 Å². The molecule has 2 amide bonds. The molecule has 2 aliphatic rings. The van der Waals surface area contributed by atoms with Gasteiger partial charge in [-0.05, 0) is 37.0 Å². The SMILES string of the molecule is CCc1ccc(C(=O)N2CCC[C@@]3(C(=O)N(C)C)CN(c4nnc(C)o4)C[C@H]3C2)cc1. The van der Waals surface area contributed by atoms with Crippen LogP contribution in [0, 0.1) is 18.3 Å². The molecule has 0 bridgehead atoms. The number of benzene rings is 1. The third kappa shape index (κ3) is 3.91. The number of fused-ring (bicyclic) bond motifs is 1. The molecule has 3 heterocycles. The molecular weight excluding hydrogens is 394 g/mol. The van der Waals surface area contributed by atoms with Crippen LogP contribution in [0.15, 0.2) is 28.7 Å². The Morgan fingerprint density at radius 3 is 2.55 bits per heavy atom. The smallest absolute Gasteiger partial charge is 0.318 e. The number of aromatic nitrogens is 2. The number of hydrogen-bond acceptors (Lipinski definition) is 6. The third-order valence-corrected chi connectivity index (χ3v) is 6.70. The number of hydrogen-bond donors (Lipinski definition) is 0. The summed E-state index contributed by atoms with van der Waals surface area (Å²) < 4.78 is 5.65. The maximum Gasteiger partial charge on any atom is 0.318 e. The summed E-state index contributed by atoms with van der Waals surface area (Å²) in [5.74, 6) is 0.638. The number of likely N-dealkylation sites (tertiary alicyclic amines) is 1. The van der Waals surface area contributed by atoms with Gasteiger partial charge in [0.1, 0.15) is 0 Å². The molecule has 31 heavy (non-hydrogen) atoms. The van der Waals surface area contributed by atoms with Crippen molar-refractivity contribution >= 4 is 17.8 Å². The molecule has 0 unspecified atom stereocenters. The lowest BCUT2D eigenvalue weighted by atomic mass is 9.74. The van der Waals surface area contributed by atoms with Crippen LogP contribution in [-0.2, 0) is 11.2 Å². The molecule has 1 aromatic carbocycles. The van der Waals surface area contributed by atoms with Crippen molar-refractivity contribution < 1.29 is 14.0 Å².